The predicted octanol–water partition coefficient (Wildman–Crippen LogP) is 4.30. The van der Waals surface area contributed by atoms with Crippen molar-refractivity contribution in [2.45, 2.75) is 38.5 Å². The average molecular weight is 441 g/mol. The molecule has 168 valence electrons. The molecule has 0 bridgehead atoms. The third-order valence-electron chi connectivity index (χ3n) is 6.37. The van der Waals surface area contributed by atoms with E-state index in [-0.39, 0.29) is 5.91 Å². The zero-order valence-corrected chi connectivity index (χ0v) is 18.6. The van der Waals surface area contributed by atoms with Gasteiger partial charge in [-0.25, -0.2) is 15.0 Å². The lowest BCUT2D eigenvalue weighted by Gasteiger charge is -2.21. The van der Waals surface area contributed by atoms with Crippen molar-refractivity contribution in [2.24, 2.45) is 5.92 Å². The first-order chi connectivity index (χ1) is 16.2. The van der Waals surface area contributed by atoms with E-state index in [2.05, 4.69) is 15.3 Å². The number of imidazole rings is 1. The lowest BCUT2D eigenvalue weighted by molar-refractivity contribution is -0.120. The molecule has 1 aliphatic carbocycles. The molecule has 7 heteroatoms. The quantitative estimate of drug-likeness (QED) is 0.466. The minimum atomic E-state index is 0.0758. The Morgan fingerprint density at radius 2 is 1.76 bits per heavy atom. The normalized spacial score (nSPS) is 14.4. The molecule has 3 heterocycles. The molecule has 1 amide bonds. The molecule has 3 N–H and O–H groups in total. The molecule has 0 spiro atoms. The number of hydrogen-bond acceptors (Lipinski definition) is 5. The van der Waals surface area contributed by atoms with Gasteiger partial charge in [0.2, 0.25) is 5.91 Å². The van der Waals surface area contributed by atoms with Crippen molar-refractivity contribution in [3.63, 3.8) is 0 Å². The maximum atomic E-state index is 12.5. The first-order valence-electron chi connectivity index (χ1n) is 11.6. The maximum Gasteiger partial charge on any atom is 0.224 e. The number of carbonyl (C=O) groups excluding carboxylic acids is 1. The smallest absolute Gasteiger partial charge is 0.224 e. The predicted molar refractivity (Wildman–Crippen MR) is 130 cm³/mol. The van der Waals surface area contributed by atoms with Crippen molar-refractivity contribution in [2.75, 3.05) is 12.3 Å². The summed E-state index contributed by atoms with van der Waals surface area (Å²) in [6, 6.07) is 15.5. The number of hydrogen-bond donors (Lipinski definition) is 2. The van der Waals surface area contributed by atoms with Gasteiger partial charge in [-0.3, -0.25) is 9.36 Å². The SMILES string of the molecule is Nc1ncccc1-c1nc2cccnc2n1-c1ccc(CC(=O)NCC2CCCCC2)cc1. The van der Waals surface area contributed by atoms with E-state index < -0.39 is 0 Å². The van der Waals surface area contributed by atoms with E-state index in [0.717, 1.165) is 34.5 Å². The van der Waals surface area contributed by atoms with Crippen molar-refractivity contribution in [1.82, 2.24) is 24.8 Å². The van der Waals surface area contributed by atoms with E-state index >= 15 is 0 Å². The van der Waals surface area contributed by atoms with Crippen LogP contribution in [-0.2, 0) is 11.2 Å². The van der Waals surface area contributed by atoms with Crippen LogP contribution in [0.1, 0.15) is 37.7 Å². The zero-order chi connectivity index (χ0) is 22.6. The topological polar surface area (TPSA) is 98.7 Å². The minimum Gasteiger partial charge on any atom is -0.383 e. The van der Waals surface area contributed by atoms with Gasteiger partial charge in [0.15, 0.2) is 11.5 Å². The zero-order valence-electron chi connectivity index (χ0n) is 18.6. The Labute approximate surface area is 193 Å². The van der Waals surface area contributed by atoms with Crippen LogP contribution in [0.15, 0.2) is 60.9 Å². The number of fused-ring (bicyclic) bond motifs is 1. The summed E-state index contributed by atoms with van der Waals surface area (Å²) < 4.78 is 1.98. The molecule has 0 unspecified atom stereocenters. The number of benzene rings is 1. The highest BCUT2D eigenvalue weighted by Gasteiger charge is 2.18. The van der Waals surface area contributed by atoms with Crippen LogP contribution in [0.5, 0.6) is 0 Å². The summed E-state index contributed by atoms with van der Waals surface area (Å²) in [4.78, 5) is 26.0. The van der Waals surface area contributed by atoms with Crippen molar-refractivity contribution in [1.29, 1.82) is 0 Å². The second kappa shape index (κ2) is 9.40. The molecule has 4 aromatic rings. The Bertz CT molecular complexity index is 1260. The molecule has 3 aromatic heterocycles. The Balaban J connectivity index is 1.38. The van der Waals surface area contributed by atoms with Gasteiger partial charge < -0.3 is 11.1 Å². The molecule has 0 radical (unpaired) electrons. The van der Waals surface area contributed by atoms with Gasteiger partial charge in [0, 0.05) is 24.6 Å². The summed E-state index contributed by atoms with van der Waals surface area (Å²) in [5.74, 6) is 1.81. The first-order valence-corrected chi connectivity index (χ1v) is 11.6. The van der Waals surface area contributed by atoms with Gasteiger partial charge in [-0.05, 0) is 60.7 Å². The molecular weight excluding hydrogens is 412 g/mol. The molecule has 1 saturated carbocycles. The summed E-state index contributed by atoms with van der Waals surface area (Å²) >= 11 is 0. The van der Waals surface area contributed by atoms with Crippen molar-refractivity contribution < 1.29 is 4.79 Å². The third-order valence-corrected chi connectivity index (χ3v) is 6.37. The molecule has 0 saturated heterocycles. The van der Waals surface area contributed by atoms with Crippen LogP contribution in [0.4, 0.5) is 5.82 Å². The molecular formula is C26H28N6O. The molecule has 0 aliphatic heterocycles. The van der Waals surface area contributed by atoms with Gasteiger partial charge in [-0.15, -0.1) is 0 Å². The van der Waals surface area contributed by atoms with E-state index in [1.165, 1.54) is 32.1 Å². The highest BCUT2D eigenvalue weighted by molar-refractivity contribution is 5.83. The van der Waals surface area contributed by atoms with Gasteiger partial charge in [-0.1, -0.05) is 31.4 Å². The number of nitrogens with one attached hydrogen (secondary N) is 1. The molecule has 5 rings (SSSR count). The lowest BCUT2D eigenvalue weighted by Crippen LogP contribution is -2.31. The summed E-state index contributed by atoms with van der Waals surface area (Å²) in [5.41, 5.74) is 10.3. The number of carbonyl (C=O) groups is 1. The summed E-state index contributed by atoms with van der Waals surface area (Å²) in [6.45, 7) is 0.791. The van der Waals surface area contributed by atoms with E-state index in [4.69, 9.17) is 10.7 Å². The summed E-state index contributed by atoms with van der Waals surface area (Å²) in [7, 11) is 0. The number of nitrogen functional groups attached to an aromatic ring is 1. The van der Waals surface area contributed by atoms with Crippen LogP contribution in [0, 0.1) is 5.92 Å². The van der Waals surface area contributed by atoms with Gasteiger partial charge in [0.05, 0.1) is 12.0 Å². The highest BCUT2D eigenvalue weighted by Crippen LogP contribution is 2.30. The molecule has 1 aromatic carbocycles. The fraction of sp³-hybridized carbons (Fsp3) is 0.308. The summed E-state index contributed by atoms with van der Waals surface area (Å²) in [6.07, 6.45) is 10.1. The van der Waals surface area contributed by atoms with Gasteiger partial charge in [-0.2, -0.15) is 0 Å². The molecule has 33 heavy (non-hydrogen) atoms. The fourth-order valence-corrected chi connectivity index (χ4v) is 4.60. The maximum absolute atomic E-state index is 12.5. The Kier molecular flexibility index (Phi) is 6.02. The van der Waals surface area contributed by atoms with Crippen LogP contribution in [0.2, 0.25) is 0 Å². The molecule has 0 atom stereocenters. The lowest BCUT2D eigenvalue weighted by atomic mass is 9.89. The third kappa shape index (κ3) is 4.58. The number of anilines is 1. The van der Waals surface area contributed by atoms with E-state index in [1.54, 1.807) is 12.4 Å². The largest absolute Gasteiger partial charge is 0.383 e. The van der Waals surface area contributed by atoms with Crippen LogP contribution in [0.3, 0.4) is 0 Å². The van der Waals surface area contributed by atoms with E-state index in [1.807, 2.05) is 53.1 Å². The number of aromatic nitrogens is 4. The van der Waals surface area contributed by atoms with Crippen LogP contribution < -0.4 is 11.1 Å². The van der Waals surface area contributed by atoms with Crippen LogP contribution in [0.25, 0.3) is 28.2 Å². The fourth-order valence-electron chi connectivity index (χ4n) is 4.60. The van der Waals surface area contributed by atoms with E-state index in [9.17, 15) is 4.79 Å². The summed E-state index contributed by atoms with van der Waals surface area (Å²) in [5, 5.41) is 3.12. The molecule has 1 fully saturated rings. The second-order valence-corrected chi connectivity index (χ2v) is 8.70. The standard InChI is InChI=1S/C26H28N6O/c27-24-21(8-4-14-28-24)25-31-22-9-5-15-29-26(22)32(25)20-12-10-18(11-13-20)16-23(33)30-17-19-6-2-1-3-7-19/h4-5,8-15,19H,1-3,6-7,16-17H2,(H2,27,28)(H,30,33). The minimum absolute atomic E-state index is 0.0758. The number of nitrogens with two attached hydrogens (primary N) is 1. The highest BCUT2D eigenvalue weighted by atomic mass is 16.1. The van der Waals surface area contributed by atoms with Crippen molar-refractivity contribution >= 4 is 22.9 Å². The molecule has 1 aliphatic rings. The van der Waals surface area contributed by atoms with Crippen molar-refractivity contribution in [3.05, 3.63) is 66.5 Å². The van der Waals surface area contributed by atoms with Crippen molar-refractivity contribution in [3.8, 4) is 17.1 Å². The van der Waals surface area contributed by atoms with Gasteiger partial charge >= 0.3 is 0 Å². The number of nitrogens with zero attached hydrogens (tertiary/aromatic N) is 4. The van der Waals surface area contributed by atoms with Gasteiger partial charge in [0.1, 0.15) is 11.3 Å². The van der Waals surface area contributed by atoms with Crippen LogP contribution >= 0.6 is 0 Å². The number of amides is 1. The Hall–Kier alpha value is -3.74. The average Bonchev–Trinajstić information content (AvgIpc) is 3.23. The second-order valence-electron chi connectivity index (χ2n) is 8.70. The number of pyridine rings is 2. The van der Waals surface area contributed by atoms with Crippen LogP contribution in [-0.4, -0.2) is 32.0 Å². The molecule has 7 nitrogen and oxygen atoms in total. The Morgan fingerprint density at radius 3 is 2.55 bits per heavy atom. The Morgan fingerprint density at radius 1 is 1.00 bits per heavy atom. The van der Waals surface area contributed by atoms with E-state index in [0.29, 0.717) is 24.0 Å². The first kappa shape index (κ1) is 21.1. The monoisotopic (exact) mass is 440 g/mol. The number of rotatable bonds is 6. The van der Waals surface area contributed by atoms with Gasteiger partial charge in [0.25, 0.3) is 0 Å².